The molecule has 0 bridgehead atoms. The van der Waals surface area contributed by atoms with E-state index >= 15 is 0 Å². The van der Waals surface area contributed by atoms with E-state index in [9.17, 15) is 0 Å². The normalized spacial score (nSPS) is 10.8. The van der Waals surface area contributed by atoms with E-state index in [2.05, 4.69) is 43.1 Å². The predicted octanol–water partition coefficient (Wildman–Crippen LogP) is 1.57. The van der Waals surface area contributed by atoms with Gasteiger partial charge in [-0.2, -0.15) is 0 Å². The van der Waals surface area contributed by atoms with E-state index in [4.69, 9.17) is 5.11 Å². The lowest BCUT2D eigenvalue weighted by Crippen LogP contribution is -2.23. The highest BCUT2D eigenvalue weighted by atomic mass is 16.3. The summed E-state index contributed by atoms with van der Waals surface area (Å²) in [6.45, 7) is 2.28. The molecule has 0 saturated heterocycles. The molecule has 16 heavy (non-hydrogen) atoms. The molecule has 3 heteroatoms. The molecule has 0 radical (unpaired) electrons. The van der Waals surface area contributed by atoms with Crippen molar-refractivity contribution >= 4 is 5.69 Å². The standard InChI is InChI=1S/C13H22N2O/c1-14(2)9-4-10-15(3)13-7-5-12(11-16)6-8-13/h5-8,16H,4,9-11H2,1-3H3. The van der Waals surface area contributed by atoms with Crippen LogP contribution in [-0.2, 0) is 6.61 Å². The number of rotatable bonds is 6. The minimum atomic E-state index is 0.116. The lowest BCUT2D eigenvalue weighted by molar-refractivity contribution is 0.282. The van der Waals surface area contributed by atoms with Gasteiger partial charge < -0.3 is 14.9 Å². The van der Waals surface area contributed by atoms with E-state index in [-0.39, 0.29) is 6.61 Å². The Morgan fingerprint density at radius 1 is 1.00 bits per heavy atom. The summed E-state index contributed by atoms with van der Waals surface area (Å²) < 4.78 is 0. The Kier molecular flexibility index (Phi) is 5.29. The maximum absolute atomic E-state index is 8.95. The number of anilines is 1. The monoisotopic (exact) mass is 222 g/mol. The molecule has 90 valence electrons. The predicted molar refractivity (Wildman–Crippen MR) is 68.8 cm³/mol. The van der Waals surface area contributed by atoms with Crippen molar-refractivity contribution in [3.05, 3.63) is 29.8 Å². The Morgan fingerprint density at radius 3 is 2.12 bits per heavy atom. The van der Waals surface area contributed by atoms with Gasteiger partial charge in [-0.05, 0) is 44.8 Å². The Hall–Kier alpha value is -1.06. The second kappa shape index (κ2) is 6.51. The first-order valence-electron chi connectivity index (χ1n) is 5.69. The molecule has 0 aliphatic heterocycles. The summed E-state index contributed by atoms with van der Waals surface area (Å²) in [5.74, 6) is 0. The first-order valence-corrected chi connectivity index (χ1v) is 5.69. The van der Waals surface area contributed by atoms with Crippen molar-refractivity contribution < 1.29 is 5.11 Å². The van der Waals surface area contributed by atoms with Crippen LogP contribution in [0.1, 0.15) is 12.0 Å². The Labute approximate surface area is 98.3 Å². The van der Waals surface area contributed by atoms with Crippen molar-refractivity contribution in [1.29, 1.82) is 0 Å². The molecular weight excluding hydrogens is 200 g/mol. The van der Waals surface area contributed by atoms with E-state index in [0.29, 0.717) is 0 Å². The molecule has 0 aliphatic rings. The number of benzene rings is 1. The molecule has 1 aromatic rings. The number of hydrogen-bond donors (Lipinski definition) is 1. The minimum Gasteiger partial charge on any atom is -0.392 e. The Bertz CT molecular complexity index is 295. The molecular formula is C13H22N2O. The smallest absolute Gasteiger partial charge is 0.0681 e. The fourth-order valence-corrected chi connectivity index (χ4v) is 1.61. The summed E-state index contributed by atoms with van der Waals surface area (Å²) in [4.78, 5) is 4.44. The van der Waals surface area contributed by atoms with Crippen molar-refractivity contribution in [1.82, 2.24) is 4.90 Å². The average molecular weight is 222 g/mol. The van der Waals surface area contributed by atoms with Crippen LogP contribution in [0.5, 0.6) is 0 Å². The summed E-state index contributed by atoms with van der Waals surface area (Å²) in [5, 5.41) is 8.95. The largest absolute Gasteiger partial charge is 0.392 e. The molecule has 1 rings (SSSR count). The number of hydrogen-bond acceptors (Lipinski definition) is 3. The molecule has 1 N–H and O–H groups in total. The maximum atomic E-state index is 8.95. The van der Waals surface area contributed by atoms with Crippen molar-refractivity contribution in [2.75, 3.05) is 39.1 Å². The van der Waals surface area contributed by atoms with Crippen LogP contribution in [0.25, 0.3) is 0 Å². The van der Waals surface area contributed by atoms with Crippen LogP contribution in [0.2, 0.25) is 0 Å². The van der Waals surface area contributed by atoms with Crippen LogP contribution in [0.3, 0.4) is 0 Å². The summed E-state index contributed by atoms with van der Waals surface area (Å²) in [6.07, 6.45) is 1.16. The van der Waals surface area contributed by atoms with E-state index in [1.54, 1.807) is 0 Å². The van der Waals surface area contributed by atoms with Gasteiger partial charge in [-0.1, -0.05) is 12.1 Å². The SMILES string of the molecule is CN(C)CCCN(C)c1ccc(CO)cc1. The molecule has 0 atom stereocenters. The third-order valence-corrected chi connectivity index (χ3v) is 2.66. The van der Waals surface area contributed by atoms with Gasteiger partial charge in [-0.25, -0.2) is 0 Å². The zero-order chi connectivity index (χ0) is 12.0. The fourth-order valence-electron chi connectivity index (χ4n) is 1.61. The zero-order valence-electron chi connectivity index (χ0n) is 10.5. The molecule has 0 heterocycles. The number of aliphatic hydroxyl groups is 1. The van der Waals surface area contributed by atoms with Gasteiger partial charge >= 0.3 is 0 Å². The fraction of sp³-hybridized carbons (Fsp3) is 0.538. The minimum absolute atomic E-state index is 0.116. The highest BCUT2D eigenvalue weighted by Crippen LogP contribution is 2.13. The lowest BCUT2D eigenvalue weighted by atomic mass is 10.2. The average Bonchev–Trinajstić information content (AvgIpc) is 2.28. The summed E-state index contributed by atoms with van der Waals surface area (Å²) in [6, 6.07) is 8.05. The molecule has 0 amide bonds. The van der Waals surface area contributed by atoms with E-state index in [1.165, 1.54) is 5.69 Å². The van der Waals surface area contributed by atoms with Crippen LogP contribution >= 0.6 is 0 Å². The van der Waals surface area contributed by atoms with Crippen LogP contribution in [-0.4, -0.2) is 44.2 Å². The number of aliphatic hydroxyl groups excluding tert-OH is 1. The molecule has 0 saturated carbocycles. The Balaban J connectivity index is 2.43. The van der Waals surface area contributed by atoms with Crippen LogP contribution in [0, 0.1) is 0 Å². The van der Waals surface area contributed by atoms with Crippen molar-refractivity contribution in [2.45, 2.75) is 13.0 Å². The van der Waals surface area contributed by atoms with Gasteiger partial charge in [0.25, 0.3) is 0 Å². The lowest BCUT2D eigenvalue weighted by Gasteiger charge is -2.20. The molecule has 3 nitrogen and oxygen atoms in total. The Morgan fingerprint density at radius 2 is 1.62 bits per heavy atom. The van der Waals surface area contributed by atoms with E-state index < -0.39 is 0 Å². The zero-order valence-corrected chi connectivity index (χ0v) is 10.5. The third-order valence-electron chi connectivity index (χ3n) is 2.66. The topological polar surface area (TPSA) is 26.7 Å². The van der Waals surface area contributed by atoms with Crippen LogP contribution in [0.4, 0.5) is 5.69 Å². The van der Waals surface area contributed by atoms with Gasteiger partial charge in [0.1, 0.15) is 0 Å². The molecule has 0 aliphatic carbocycles. The van der Waals surface area contributed by atoms with Gasteiger partial charge in [-0.15, -0.1) is 0 Å². The van der Waals surface area contributed by atoms with Crippen LogP contribution < -0.4 is 4.90 Å². The van der Waals surface area contributed by atoms with Gasteiger partial charge in [0.2, 0.25) is 0 Å². The van der Waals surface area contributed by atoms with E-state index in [0.717, 1.165) is 25.1 Å². The summed E-state index contributed by atoms with van der Waals surface area (Å²) in [5.41, 5.74) is 2.17. The summed E-state index contributed by atoms with van der Waals surface area (Å²) in [7, 11) is 6.29. The van der Waals surface area contributed by atoms with Gasteiger partial charge in [0.05, 0.1) is 6.61 Å². The molecule has 1 aromatic carbocycles. The highest BCUT2D eigenvalue weighted by molar-refractivity contribution is 5.46. The first kappa shape index (κ1) is 13.0. The summed E-state index contributed by atoms with van der Waals surface area (Å²) >= 11 is 0. The van der Waals surface area contributed by atoms with Gasteiger partial charge in [0, 0.05) is 19.3 Å². The van der Waals surface area contributed by atoms with Crippen molar-refractivity contribution in [2.24, 2.45) is 0 Å². The van der Waals surface area contributed by atoms with Crippen molar-refractivity contribution in [3.63, 3.8) is 0 Å². The van der Waals surface area contributed by atoms with Crippen molar-refractivity contribution in [3.8, 4) is 0 Å². The maximum Gasteiger partial charge on any atom is 0.0681 e. The quantitative estimate of drug-likeness (QED) is 0.791. The molecule has 0 spiro atoms. The third kappa shape index (κ3) is 4.21. The van der Waals surface area contributed by atoms with Gasteiger partial charge in [0.15, 0.2) is 0 Å². The number of nitrogens with zero attached hydrogens (tertiary/aromatic N) is 2. The molecule has 0 aromatic heterocycles. The second-order valence-electron chi connectivity index (χ2n) is 4.40. The van der Waals surface area contributed by atoms with E-state index in [1.807, 2.05) is 12.1 Å². The first-order chi connectivity index (χ1) is 7.63. The molecule has 0 unspecified atom stereocenters. The molecule has 0 fully saturated rings. The van der Waals surface area contributed by atoms with Gasteiger partial charge in [-0.3, -0.25) is 0 Å². The highest BCUT2D eigenvalue weighted by Gasteiger charge is 2.00. The van der Waals surface area contributed by atoms with Crippen LogP contribution in [0.15, 0.2) is 24.3 Å². The second-order valence-corrected chi connectivity index (χ2v) is 4.40.